The number of para-hydroxylation sites is 3. The van der Waals surface area contributed by atoms with E-state index in [1.807, 2.05) is 91.0 Å². The zero-order chi connectivity index (χ0) is 16.0. The van der Waals surface area contributed by atoms with Crippen molar-refractivity contribution in [1.82, 2.24) is 0 Å². The van der Waals surface area contributed by atoms with E-state index in [1.54, 1.807) is 0 Å². The van der Waals surface area contributed by atoms with E-state index < -0.39 is 14.1 Å². The predicted molar refractivity (Wildman–Crippen MR) is 87.1 cm³/mol. The first-order chi connectivity index (χ1) is 11.2. The molecule has 0 bridgehead atoms. The molecule has 0 spiro atoms. The molecule has 3 rings (SSSR count). The fraction of sp³-hybridized carbons (Fsp3) is 0. The average Bonchev–Trinajstić information content (AvgIpc) is 2.57. The fourth-order valence-electron chi connectivity index (χ4n) is 1.88. The number of benzene rings is 3. The van der Waals surface area contributed by atoms with Gasteiger partial charge >= 0.3 is 143 Å². The van der Waals surface area contributed by atoms with Crippen LogP contribution < -0.4 is 11.0 Å². The first-order valence-electron chi connectivity index (χ1n) is 7.06. The van der Waals surface area contributed by atoms with Crippen LogP contribution >= 0.6 is 9.85 Å². The van der Waals surface area contributed by atoms with Crippen LogP contribution in [-0.4, -0.2) is 0 Å². The summed E-state index contributed by atoms with van der Waals surface area (Å²) in [7, 11) is 6.65. The third-order valence-corrected chi connectivity index (χ3v) is 5.74. The van der Waals surface area contributed by atoms with Gasteiger partial charge in [-0.05, 0) is 0 Å². The third kappa shape index (κ3) is 4.70. The monoisotopic (exact) mass is 365 g/mol. The van der Waals surface area contributed by atoms with Crippen molar-refractivity contribution in [2.45, 2.75) is 0 Å². The van der Waals surface area contributed by atoms with E-state index in [4.69, 9.17) is 20.8 Å². The Morgan fingerprint density at radius 2 is 0.739 bits per heavy atom. The van der Waals surface area contributed by atoms with E-state index >= 15 is 0 Å². The Balaban J connectivity index is 1.85. The molecule has 0 N–H and O–H groups in total. The number of rotatable bonds is 6. The molecule has 0 amide bonds. The van der Waals surface area contributed by atoms with Crippen molar-refractivity contribution >= 4 is 9.85 Å². The Labute approximate surface area is 143 Å². The molecule has 0 aliphatic heterocycles. The van der Waals surface area contributed by atoms with Crippen molar-refractivity contribution in [2.75, 3.05) is 0 Å². The van der Waals surface area contributed by atoms with E-state index in [9.17, 15) is 0 Å². The number of hydrogen-bond acceptors (Lipinski definition) is 3. The van der Waals surface area contributed by atoms with E-state index in [0.29, 0.717) is 17.2 Å². The topological polar surface area (TPSA) is 27.7 Å². The quantitative estimate of drug-likeness (QED) is 0.595. The molecule has 0 saturated heterocycles. The molecule has 0 aromatic heterocycles. The molecular formula is C18H15ClO3V. The standard InChI is InChI=1S/3C6H6O.ClH.V/c3*7-6-4-2-1-3-5-6;;/h3*1-5,7H;1H;/q;;;;+4/p-4. The van der Waals surface area contributed by atoms with Gasteiger partial charge in [-0.1, -0.05) is 0 Å². The molecule has 0 fully saturated rings. The Morgan fingerprint density at radius 3 is 1.00 bits per heavy atom. The van der Waals surface area contributed by atoms with Crippen molar-refractivity contribution in [3.63, 3.8) is 0 Å². The number of halogens is 1. The van der Waals surface area contributed by atoms with Crippen LogP contribution in [0.2, 0.25) is 0 Å². The van der Waals surface area contributed by atoms with E-state index in [1.165, 1.54) is 0 Å². The van der Waals surface area contributed by atoms with Crippen LogP contribution in [0.1, 0.15) is 0 Å². The maximum absolute atomic E-state index is 6.65. The van der Waals surface area contributed by atoms with Crippen LogP contribution in [0.4, 0.5) is 0 Å². The van der Waals surface area contributed by atoms with Gasteiger partial charge in [0.05, 0.1) is 0 Å². The molecule has 0 saturated carbocycles. The molecule has 3 aromatic carbocycles. The molecule has 117 valence electrons. The van der Waals surface area contributed by atoms with Crippen molar-refractivity contribution in [1.29, 1.82) is 0 Å². The van der Waals surface area contributed by atoms with Crippen LogP contribution in [-0.2, 0) is 14.1 Å². The number of hydrogen-bond donors (Lipinski definition) is 0. The van der Waals surface area contributed by atoms with Crippen LogP contribution in [0.3, 0.4) is 0 Å². The van der Waals surface area contributed by atoms with Gasteiger partial charge in [0.25, 0.3) is 0 Å². The molecule has 0 aliphatic rings. The van der Waals surface area contributed by atoms with Gasteiger partial charge in [0, 0.05) is 0 Å². The summed E-state index contributed by atoms with van der Waals surface area (Å²) in [6.45, 7) is 0. The molecule has 3 aromatic rings. The molecule has 0 heterocycles. The molecule has 5 heteroatoms. The zero-order valence-electron chi connectivity index (χ0n) is 12.2. The van der Waals surface area contributed by atoms with Crippen LogP contribution in [0.15, 0.2) is 91.0 Å². The van der Waals surface area contributed by atoms with Crippen LogP contribution in [0.25, 0.3) is 0 Å². The van der Waals surface area contributed by atoms with Gasteiger partial charge in [0.1, 0.15) is 0 Å². The van der Waals surface area contributed by atoms with Gasteiger partial charge in [-0.25, -0.2) is 0 Å². The molecule has 0 atom stereocenters. The Kier molecular flexibility index (Phi) is 5.14. The summed E-state index contributed by atoms with van der Waals surface area (Å²) in [4.78, 5) is 0. The second-order valence-corrected chi connectivity index (χ2v) is 8.55. The summed E-state index contributed by atoms with van der Waals surface area (Å²) in [5.41, 5.74) is 0. The predicted octanol–water partition coefficient (Wildman–Crippen LogP) is 5.28. The molecule has 0 unspecified atom stereocenters. The van der Waals surface area contributed by atoms with E-state index in [0.717, 1.165) is 0 Å². The first kappa shape index (κ1) is 15.8. The molecular weight excluding hydrogens is 351 g/mol. The normalized spacial score (nSPS) is 10.8. The summed E-state index contributed by atoms with van der Waals surface area (Å²) < 4.78 is 17.7. The van der Waals surface area contributed by atoms with Gasteiger partial charge in [0.2, 0.25) is 0 Å². The third-order valence-electron chi connectivity index (χ3n) is 2.87. The summed E-state index contributed by atoms with van der Waals surface area (Å²) in [5, 5.41) is 0. The SMILES string of the molecule is [Cl][V]([O]c1ccccc1)([O]c1ccccc1)[O]c1ccccc1. The summed E-state index contributed by atoms with van der Waals surface area (Å²) in [6, 6.07) is 27.9. The average molecular weight is 366 g/mol. The Hall–Kier alpha value is -2.07. The second kappa shape index (κ2) is 7.47. The molecule has 0 radical (unpaired) electrons. The van der Waals surface area contributed by atoms with Gasteiger partial charge in [-0.15, -0.1) is 0 Å². The Bertz CT molecular complexity index is 622. The molecule has 0 aliphatic carbocycles. The van der Waals surface area contributed by atoms with Gasteiger partial charge < -0.3 is 0 Å². The molecule has 23 heavy (non-hydrogen) atoms. The Morgan fingerprint density at radius 1 is 0.478 bits per heavy atom. The second-order valence-electron chi connectivity index (χ2n) is 4.64. The minimum atomic E-state index is -3.90. The summed E-state index contributed by atoms with van der Waals surface area (Å²) in [5.74, 6) is 1.84. The first-order valence-corrected chi connectivity index (χ1v) is 10.7. The van der Waals surface area contributed by atoms with Gasteiger partial charge in [-0.2, -0.15) is 0 Å². The van der Waals surface area contributed by atoms with Crippen molar-refractivity contribution in [2.24, 2.45) is 0 Å². The summed E-state index contributed by atoms with van der Waals surface area (Å²) >= 11 is -3.90. The van der Waals surface area contributed by atoms with Gasteiger partial charge in [-0.3, -0.25) is 0 Å². The van der Waals surface area contributed by atoms with Crippen molar-refractivity contribution in [3.8, 4) is 17.2 Å². The maximum atomic E-state index is 6.65. The fourth-order valence-corrected chi connectivity index (χ4v) is 4.79. The zero-order valence-corrected chi connectivity index (χ0v) is 14.4. The summed E-state index contributed by atoms with van der Waals surface area (Å²) in [6.07, 6.45) is 0. The van der Waals surface area contributed by atoms with E-state index in [2.05, 4.69) is 0 Å². The van der Waals surface area contributed by atoms with Crippen LogP contribution in [0, 0.1) is 0 Å². The molecule has 3 nitrogen and oxygen atoms in total. The minimum absolute atomic E-state index is 0.613. The van der Waals surface area contributed by atoms with Gasteiger partial charge in [0.15, 0.2) is 0 Å². The van der Waals surface area contributed by atoms with E-state index in [-0.39, 0.29) is 0 Å². The van der Waals surface area contributed by atoms with Crippen molar-refractivity contribution in [3.05, 3.63) is 91.0 Å². The van der Waals surface area contributed by atoms with Crippen molar-refractivity contribution < 1.29 is 25.1 Å². The van der Waals surface area contributed by atoms with Crippen LogP contribution in [0.5, 0.6) is 17.2 Å².